The molecule has 0 unspecified atom stereocenters. The fraction of sp³-hybridized carbons (Fsp3) is 0.200. The van der Waals surface area contributed by atoms with Crippen LogP contribution in [0.1, 0.15) is 0 Å². The zero-order chi connectivity index (χ0) is 11.6. The van der Waals surface area contributed by atoms with E-state index in [0.717, 1.165) is 5.03 Å². The van der Waals surface area contributed by atoms with Crippen molar-refractivity contribution in [2.45, 2.75) is 10.2 Å². The molecular formula is C10H12N2O2S2. The first kappa shape index (κ1) is 12.9. The molecule has 0 saturated carbocycles. The maximum Gasteiger partial charge on any atom is 0.191 e. The molecule has 0 spiro atoms. The third kappa shape index (κ3) is 5.09. The first-order valence-electron chi connectivity index (χ1n) is 4.40. The average Bonchev–Trinajstić information content (AvgIpc) is 2.30. The second kappa shape index (κ2) is 8.06. The van der Waals surface area contributed by atoms with Crippen LogP contribution in [0.2, 0.25) is 0 Å². The van der Waals surface area contributed by atoms with Gasteiger partial charge in [-0.2, -0.15) is 0 Å². The van der Waals surface area contributed by atoms with E-state index in [1.165, 1.54) is 36.0 Å². The molecule has 0 atom stereocenters. The minimum atomic E-state index is 0.459. The predicted molar refractivity (Wildman–Crippen MR) is 66.0 cm³/mol. The Morgan fingerprint density at radius 1 is 1.19 bits per heavy atom. The molecule has 0 fully saturated rings. The van der Waals surface area contributed by atoms with Crippen molar-refractivity contribution >= 4 is 23.5 Å². The van der Waals surface area contributed by atoms with Crippen LogP contribution in [0, 0.1) is 0 Å². The molecule has 4 nitrogen and oxygen atoms in total. The van der Waals surface area contributed by atoms with Crippen LogP contribution in [-0.2, 0) is 9.47 Å². The van der Waals surface area contributed by atoms with Crippen molar-refractivity contribution in [2.24, 2.45) is 0 Å². The summed E-state index contributed by atoms with van der Waals surface area (Å²) in [5, 5.41) is 1.53. The predicted octanol–water partition coefficient (Wildman–Crippen LogP) is 2.90. The third-order valence-corrected chi connectivity index (χ3v) is 2.86. The lowest BCUT2D eigenvalue weighted by Crippen LogP contribution is -1.91. The Kier molecular flexibility index (Phi) is 6.52. The number of hydrogen-bond donors (Lipinski definition) is 0. The summed E-state index contributed by atoms with van der Waals surface area (Å²) in [4.78, 5) is 8.41. The van der Waals surface area contributed by atoms with Crippen molar-refractivity contribution in [1.29, 1.82) is 0 Å². The van der Waals surface area contributed by atoms with E-state index in [0.29, 0.717) is 17.0 Å². The molecule has 86 valence electrons. The van der Waals surface area contributed by atoms with Gasteiger partial charge in [0, 0.05) is 6.20 Å². The summed E-state index contributed by atoms with van der Waals surface area (Å²) in [6, 6.07) is 1.83. The van der Waals surface area contributed by atoms with Crippen LogP contribution in [0.5, 0.6) is 0 Å². The molecule has 1 aromatic rings. The number of thioether (sulfide) groups is 2. The first-order chi connectivity index (χ1) is 7.86. The highest BCUT2D eigenvalue weighted by atomic mass is 32.2. The van der Waals surface area contributed by atoms with Gasteiger partial charge in [0.2, 0.25) is 0 Å². The molecule has 1 rings (SSSR count). The van der Waals surface area contributed by atoms with Crippen LogP contribution < -0.4 is 0 Å². The molecule has 1 heterocycles. The molecule has 0 aliphatic carbocycles. The van der Waals surface area contributed by atoms with Gasteiger partial charge < -0.3 is 9.47 Å². The van der Waals surface area contributed by atoms with Crippen molar-refractivity contribution in [1.82, 2.24) is 9.97 Å². The third-order valence-electron chi connectivity index (χ3n) is 1.37. The van der Waals surface area contributed by atoms with E-state index < -0.39 is 0 Å². The van der Waals surface area contributed by atoms with E-state index in [1.54, 1.807) is 6.20 Å². The standard InChI is InChI=1S/C10H12N2O2S2/c1-3-13-7-15-9-5-6-11-10(12-9)16-8-14-4-2/h3-6H,1-2,7-8H2. The van der Waals surface area contributed by atoms with Crippen LogP contribution >= 0.6 is 23.5 Å². The Balaban J connectivity index is 2.43. The Morgan fingerprint density at radius 3 is 2.56 bits per heavy atom. The average molecular weight is 256 g/mol. The van der Waals surface area contributed by atoms with Crippen molar-refractivity contribution in [2.75, 3.05) is 11.9 Å². The Bertz CT molecular complexity index is 318. The van der Waals surface area contributed by atoms with E-state index >= 15 is 0 Å². The van der Waals surface area contributed by atoms with Crippen molar-refractivity contribution in [3.8, 4) is 0 Å². The fourth-order valence-corrected chi connectivity index (χ4v) is 1.97. The van der Waals surface area contributed by atoms with Crippen LogP contribution in [0.15, 0.2) is 48.1 Å². The summed E-state index contributed by atoms with van der Waals surface area (Å²) in [7, 11) is 0. The Hall–Kier alpha value is -1.14. The minimum absolute atomic E-state index is 0.459. The molecule has 16 heavy (non-hydrogen) atoms. The second-order valence-electron chi connectivity index (χ2n) is 2.37. The minimum Gasteiger partial charge on any atom is -0.491 e. The van der Waals surface area contributed by atoms with Gasteiger partial charge in [0.05, 0.1) is 12.5 Å². The van der Waals surface area contributed by atoms with Crippen molar-refractivity contribution in [3.63, 3.8) is 0 Å². The van der Waals surface area contributed by atoms with Crippen LogP contribution in [0.25, 0.3) is 0 Å². The number of ether oxygens (including phenoxy) is 2. The number of nitrogens with zero attached hydrogens (tertiary/aromatic N) is 2. The maximum atomic E-state index is 5.00. The van der Waals surface area contributed by atoms with E-state index in [4.69, 9.17) is 9.47 Å². The first-order valence-corrected chi connectivity index (χ1v) is 6.37. The second-order valence-corrected chi connectivity index (χ2v) is 4.20. The number of aromatic nitrogens is 2. The molecule has 6 heteroatoms. The van der Waals surface area contributed by atoms with E-state index in [2.05, 4.69) is 23.1 Å². The highest BCUT2D eigenvalue weighted by molar-refractivity contribution is 7.99. The van der Waals surface area contributed by atoms with Gasteiger partial charge in [-0.3, -0.25) is 0 Å². The molecule has 0 amide bonds. The lowest BCUT2D eigenvalue weighted by molar-refractivity contribution is 0.318. The lowest BCUT2D eigenvalue weighted by Gasteiger charge is -2.02. The van der Waals surface area contributed by atoms with Gasteiger partial charge in [0.25, 0.3) is 0 Å². The van der Waals surface area contributed by atoms with Gasteiger partial charge in [-0.15, -0.1) is 0 Å². The molecule has 0 aliphatic rings. The Labute approximate surface area is 103 Å². The van der Waals surface area contributed by atoms with Gasteiger partial charge in [-0.25, -0.2) is 9.97 Å². The van der Waals surface area contributed by atoms with Crippen LogP contribution in [-0.4, -0.2) is 21.8 Å². The van der Waals surface area contributed by atoms with E-state index in [1.807, 2.05) is 6.07 Å². The van der Waals surface area contributed by atoms with Crippen LogP contribution in [0.3, 0.4) is 0 Å². The SMILES string of the molecule is C=COCSc1ccnc(SCOC=C)n1. The molecule has 0 N–H and O–H groups in total. The zero-order valence-electron chi connectivity index (χ0n) is 8.67. The van der Waals surface area contributed by atoms with Crippen molar-refractivity contribution in [3.05, 3.63) is 37.9 Å². The summed E-state index contributed by atoms with van der Waals surface area (Å²) in [6.07, 6.45) is 4.50. The molecule has 0 aliphatic heterocycles. The summed E-state index contributed by atoms with van der Waals surface area (Å²) in [5.74, 6) is 0.953. The fourth-order valence-electron chi connectivity index (χ4n) is 0.752. The molecule has 0 saturated heterocycles. The van der Waals surface area contributed by atoms with E-state index in [-0.39, 0.29) is 0 Å². The monoisotopic (exact) mass is 256 g/mol. The maximum absolute atomic E-state index is 5.00. The number of hydrogen-bond acceptors (Lipinski definition) is 6. The van der Waals surface area contributed by atoms with Crippen molar-refractivity contribution < 1.29 is 9.47 Å². The zero-order valence-corrected chi connectivity index (χ0v) is 10.3. The summed E-state index contributed by atoms with van der Waals surface area (Å²) in [6.45, 7) is 6.91. The Morgan fingerprint density at radius 2 is 1.88 bits per heavy atom. The molecule has 1 aromatic heterocycles. The van der Waals surface area contributed by atoms with E-state index in [9.17, 15) is 0 Å². The number of rotatable bonds is 8. The summed E-state index contributed by atoms with van der Waals surface area (Å²) in [5.41, 5.74) is 0. The molecule has 0 bridgehead atoms. The highest BCUT2D eigenvalue weighted by Gasteiger charge is 2.00. The summed E-state index contributed by atoms with van der Waals surface area (Å²) < 4.78 is 9.98. The van der Waals surface area contributed by atoms with Gasteiger partial charge in [-0.05, 0) is 17.8 Å². The molecule has 0 radical (unpaired) electrons. The largest absolute Gasteiger partial charge is 0.491 e. The summed E-state index contributed by atoms with van der Waals surface area (Å²) >= 11 is 2.89. The van der Waals surface area contributed by atoms with Gasteiger partial charge >= 0.3 is 0 Å². The van der Waals surface area contributed by atoms with Gasteiger partial charge in [0.15, 0.2) is 5.16 Å². The molecular weight excluding hydrogens is 244 g/mol. The van der Waals surface area contributed by atoms with Gasteiger partial charge in [-0.1, -0.05) is 24.9 Å². The smallest absolute Gasteiger partial charge is 0.191 e. The molecule has 0 aromatic carbocycles. The van der Waals surface area contributed by atoms with Crippen LogP contribution in [0.4, 0.5) is 0 Å². The quantitative estimate of drug-likeness (QED) is 0.178. The normalized spacial score (nSPS) is 9.50. The highest BCUT2D eigenvalue weighted by Crippen LogP contribution is 2.19. The lowest BCUT2D eigenvalue weighted by atomic mass is 10.7. The topological polar surface area (TPSA) is 44.2 Å². The van der Waals surface area contributed by atoms with Gasteiger partial charge in [0.1, 0.15) is 16.9 Å².